The summed E-state index contributed by atoms with van der Waals surface area (Å²) in [7, 11) is 0. The number of nitriles is 4. The third-order valence-electron chi connectivity index (χ3n) is 4.41. The third kappa shape index (κ3) is 4.53. The Balaban J connectivity index is 1.97. The van der Waals surface area contributed by atoms with Gasteiger partial charge in [-0.05, 0) is 65.5 Å². The van der Waals surface area contributed by atoms with E-state index in [4.69, 9.17) is 15.3 Å². The molecule has 0 atom stereocenters. The van der Waals surface area contributed by atoms with Crippen LogP contribution in [0.2, 0.25) is 0 Å². The first-order valence-electron chi connectivity index (χ1n) is 8.86. The number of hydrogen-bond acceptors (Lipinski definition) is 7. The molecule has 0 aliphatic carbocycles. The van der Waals surface area contributed by atoms with Gasteiger partial charge in [0.1, 0.15) is 35.5 Å². The number of halogens is 1. The van der Waals surface area contributed by atoms with E-state index in [1.165, 1.54) is 11.3 Å². The van der Waals surface area contributed by atoms with E-state index in [0.29, 0.717) is 11.1 Å². The van der Waals surface area contributed by atoms with Gasteiger partial charge in [0, 0.05) is 24.7 Å². The van der Waals surface area contributed by atoms with Gasteiger partial charge >= 0.3 is 0 Å². The van der Waals surface area contributed by atoms with Crippen molar-refractivity contribution >= 4 is 56.3 Å². The van der Waals surface area contributed by atoms with Crippen molar-refractivity contribution in [2.75, 3.05) is 0 Å². The molecule has 150 valence electrons. The first kappa shape index (κ1) is 22.3. The number of allylic oxidation sites excluding steroid dienone is 3. The van der Waals surface area contributed by atoms with Crippen LogP contribution in [0, 0.1) is 45.3 Å². The summed E-state index contributed by atoms with van der Waals surface area (Å²) in [4.78, 5) is 2.69. The van der Waals surface area contributed by atoms with Gasteiger partial charge in [-0.25, -0.2) is 0 Å². The summed E-state index contributed by atoms with van der Waals surface area (Å²) in [6.45, 7) is 3.55. The Morgan fingerprint density at radius 3 is 2.39 bits per heavy atom. The Hall–Kier alpha value is -3.40. The van der Waals surface area contributed by atoms with Crippen molar-refractivity contribution in [2.24, 2.45) is 0 Å². The molecule has 3 heterocycles. The molecule has 0 aromatic carbocycles. The molecule has 2 aromatic heterocycles. The minimum atomic E-state index is -0.862. The summed E-state index contributed by atoms with van der Waals surface area (Å²) < 4.78 is 6.71. The van der Waals surface area contributed by atoms with Gasteiger partial charge < -0.3 is 4.74 Å². The average molecular weight is 505 g/mol. The van der Waals surface area contributed by atoms with E-state index < -0.39 is 5.60 Å². The monoisotopic (exact) mass is 504 g/mol. The molecular formula is C23H13BrN4OS2. The van der Waals surface area contributed by atoms with E-state index in [-0.39, 0.29) is 16.9 Å². The van der Waals surface area contributed by atoms with Gasteiger partial charge in [0.15, 0.2) is 11.3 Å². The largest absolute Gasteiger partial charge is 0.480 e. The van der Waals surface area contributed by atoms with Crippen molar-refractivity contribution in [3.8, 4) is 24.3 Å². The predicted molar refractivity (Wildman–Crippen MR) is 125 cm³/mol. The van der Waals surface area contributed by atoms with Gasteiger partial charge in [-0.3, -0.25) is 0 Å². The van der Waals surface area contributed by atoms with E-state index in [0.717, 1.165) is 19.1 Å². The van der Waals surface area contributed by atoms with Gasteiger partial charge in [-0.2, -0.15) is 21.0 Å². The molecule has 0 bridgehead atoms. The Bertz CT molecular complexity index is 1330. The summed E-state index contributed by atoms with van der Waals surface area (Å²) in [5.41, 5.74) is 0.235. The molecular weight excluding hydrogens is 492 g/mol. The van der Waals surface area contributed by atoms with Crippen molar-refractivity contribution in [1.82, 2.24) is 0 Å². The minimum Gasteiger partial charge on any atom is -0.480 e. The van der Waals surface area contributed by atoms with Crippen LogP contribution < -0.4 is 0 Å². The molecule has 1 aliphatic heterocycles. The first-order chi connectivity index (χ1) is 14.8. The zero-order valence-electron chi connectivity index (χ0n) is 16.4. The van der Waals surface area contributed by atoms with Crippen LogP contribution in [0.15, 0.2) is 56.6 Å². The second-order valence-electron chi connectivity index (χ2n) is 6.78. The van der Waals surface area contributed by atoms with Crippen molar-refractivity contribution in [3.05, 3.63) is 71.2 Å². The molecule has 0 unspecified atom stereocenters. The van der Waals surface area contributed by atoms with Gasteiger partial charge in [0.05, 0.1) is 5.57 Å². The fourth-order valence-corrected chi connectivity index (χ4v) is 5.23. The van der Waals surface area contributed by atoms with Crippen LogP contribution in [0.3, 0.4) is 0 Å². The predicted octanol–water partition coefficient (Wildman–Crippen LogP) is 6.58. The standard InChI is InChI=1S/C23H13BrN4OS2/c1-23(2)18(17(13-28)22(29-23)15(11-26)12-27)5-3-16-4-6-20(31-16)14(10-25)9-21-19(24)7-8-30-21/h3-9H,1-2H3/b5-3+,14-9+. The lowest BCUT2D eigenvalue weighted by atomic mass is 9.94. The van der Waals surface area contributed by atoms with Crippen LogP contribution in [0.25, 0.3) is 17.7 Å². The zero-order valence-corrected chi connectivity index (χ0v) is 19.7. The van der Waals surface area contributed by atoms with Crippen molar-refractivity contribution in [2.45, 2.75) is 19.4 Å². The Labute approximate surface area is 196 Å². The smallest absolute Gasteiger partial charge is 0.172 e. The fourth-order valence-electron chi connectivity index (χ4n) is 2.93. The SMILES string of the molecule is CC1(C)OC(=C(C#N)C#N)C(C#N)=C1/C=C/c1ccc(/C(C#N)=C/c2sccc2Br)s1. The van der Waals surface area contributed by atoms with Crippen molar-refractivity contribution in [1.29, 1.82) is 21.0 Å². The summed E-state index contributed by atoms with van der Waals surface area (Å²) >= 11 is 6.47. The van der Waals surface area contributed by atoms with Crippen LogP contribution in [-0.2, 0) is 4.74 Å². The summed E-state index contributed by atoms with van der Waals surface area (Å²) in [5.74, 6) is 0.0141. The Kier molecular flexibility index (Phi) is 6.59. The van der Waals surface area contributed by atoms with Crippen LogP contribution in [0.4, 0.5) is 0 Å². The van der Waals surface area contributed by atoms with E-state index >= 15 is 0 Å². The Morgan fingerprint density at radius 2 is 1.81 bits per heavy atom. The second kappa shape index (κ2) is 9.17. The van der Waals surface area contributed by atoms with E-state index in [1.807, 2.05) is 35.7 Å². The molecule has 0 saturated heterocycles. The molecule has 8 heteroatoms. The quantitative estimate of drug-likeness (QED) is 0.437. The lowest BCUT2D eigenvalue weighted by molar-refractivity contribution is 0.0954. The zero-order chi connectivity index (χ0) is 22.6. The van der Waals surface area contributed by atoms with Gasteiger partial charge in [-0.15, -0.1) is 22.7 Å². The fraction of sp³-hybridized carbons (Fsp3) is 0.130. The number of thiophene rings is 2. The maximum Gasteiger partial charge on any atom is 0.172 e. The first-order valence-corrected chi connectivity index (χ1v) is 11.3. The van der Waals surface area contributed by atoms with Gasteiger partial charge in [0.25, 0.3) is 0 Å². The van der Waals surface area contributed by atoms with Crippen molar-refractivity contribution < 1.29 is 4.74 Å². The maximum atomic E-state index is 9.61. The molecule has 0 saturated carbocycles. The lowest BCUT2D eigenvalue weighted by Crippen LogP contribution is -2.20. The molecule has 0 spiro atoms. The second-order valence-corrected chi connectivity index (χ2v) is 9.70. The molecule has 0 amide bonds. The molecule has 0 fully saturated rings. The average Bonchev–Trinajstić information content (AvgIpc) is 3.43. The van der Waals surface area contributed by atoms with Crippen LogP contribution in [-0.4, -0.2) is 5.60 Å². The van der Waals surface area contributed by atoms with Crippen LogP contribution >= 0.6 is 38.6 Å². The lowest BCUT2D eigenvalue weighted by Gasteiger charge is -2.20. The normalized spacial score (nSPS) is 15.2. The number of ether oxygens (including phenoxy) is 1. The van der Waals surface area contributed by atoms with Crippen LogP contribution in [0.1, 0.15) is 28.5 Å². The topological polar surface area (TPSA) is 104 Å². The van der Waals surface area contributed by atoms with Gasteiger partial charge in [0.2, 0.25) is 0 Å². The third-order valence-corrected chi connectivity index (χ3v) is 7.31. The summed E-state index contributed by atoms with van der Waals surface area (Å²) in [5, 5.41) is 39.5. The summed E-state index contributed by atoms with van der Waals surface area (Å²) in [6, 6.07) is 13.6. The highest BCUT2D eigenvalue weighted by atomic mass is 79.9. The number of rotatable bonds is 4. The van der Waals surface area contributed by atoms with E-state index in [9.17, 15) is 10.5 Å². The highest BCUT2D eigenvalue weighted by Gasteiger charge is 2.38. The maximum absolute atomic E-state index is 9.61. The number of nitrogens with zero attached hydrogens (tertiary/aromatic N) is 4. The van der Waals surface area contributed by atoms with Crippen molar-refractivity contribution in [3.63, 3.8) is 0 Å². The summed E-state index contributed by atoms with van der Waals surface area (Å²) in [6.07, 6.45) is 5.45. The molecule has 1 aliphatic rings. The van der Waals surface area contributed by atoms with E-state index in [2.05, 4.69) is 28.1 Å². The van der Waals surface area contributed by atoms with E-state index in [1.54, 1.807) is 43.4 Å². The molecule has 2 aromatic rings. The molecule has 0 radical (unpaired) electrons. The molecule has 5 nitrogen and oxygen atoms in total. The minimum absolute atomic E-state index is 0.0141. The number of hydrogen-bond donors (Lipinski definition) is 0. The molecule has 3 rings (SSSR count). The molecule has 0 N–H and O–H groups in total. The highest BCUT2D eigenvalue weighted by molar-refractivity contribution is 9.10. The highest BCUT2D eigenvalue weighted by Crippen LogP contribution is 2.40. The van der Waals surface area contributed by atoms with Gasteiger partial charge in [-0.1, -0.05) is 6.08 Å². The Morgan fingerprint density at radius 1 is 1.06 bits per heavy atom. The van der Waals surface area contributed by atoms with Crippen LogP contribution in [0.5, 0.6) is 0 Å². The molecule has 31 heavy (non-hydrogen) atoms.